The Balaban J connectivity index is 1.69. The maximum atomic E-state index is 5.85. The number of nitrogens with one attached hydrogen (secondary N) is 1. The van der Waals surface area contributed by atoms with Crippen molar-refractivity contribution < 1.29 is 0 Å². The van der Waals surface area contributed by atoms with Gasteiger partial charge in [0.05, 0.1) is 0 Å². The van der Waals surface area contributed by atoms with E-state index in [2.05, 4.69) is 17.4 Å². The highest BCUT2D eigenvalue weighted by Crippen LogP contribution is 2.22. The SMILES string of the molecule is Clc1ccc(SCCC2CCCCN2)cc1. The van der Waals surface area contributed by atoms with Gasteiger partial charge in [-0.15, -0.1) is 11.8 Å². The van der Waals surface area contributed by atoms with Crippen LogP contribution in [0.25, 0.3) is 0 Å². The average molecular weight is 256 g/mol. The minimum Gasteiger partial charge on any atom is -0.314 e. The lowest BCUT2D eigenvalue weighted by Crippen LogP contribution is -2.34. The zero-order chi connectivity index (χ0) is 11.2. The largest absolute Gasteiger partial charge is 0.314 e. The molecule has 16 heavy (non-hydrogen) atoms. The quantitative estimate of drug-likeness (QED) is 0.818. The van der Waals surface area contributed by atoms with Crippen LogP contribution in [0.5, 0.6) is 0 Å². The first-order chi connectivity index (χ1) is 7.84. The molecule has 0 spiro atoms. The van der Waals surface area contributed by atoms with Crippen molar-refractivity contribution in [2.45, 2.75) is 36.6 Å². The molecule has 88 valence electrons. The Kier molecular flexibility index (Phi) is 5.01. The van der Waals surface area contributed by atoms with Crippen LogP contribution in [0.1, 0.15) is 25.7 Å². The van der Waals surface area contributed by atoms with E-state index in [-0.39, 0.29) is 0 Å². The minimum atomic E-state index is 0.744. The van der Waals surface area contributed by atoms with Gasteiger partial charge in [-0.25, -0.2) is 0 Å². The molecule has 0 saturated carbocycles. The molecule has 0 aromatic heterocycles. The third-order valence-corrected chi connectivity index (χ3v) is 4.26. The fraction of sp³-hybridized carbons (Fsp3) is 0.538. The van der Waals surface area contributed by atoms with Crippen LogP contribution in [0, 0.1) is 0 Å². The van der Waals surface area contributed by atoms with Gasteiger partial charge < -0.3 is 5.32 Å². The lowest BCUT2D eigenvalue weighted by molar-refractivity contribution is 0.395. The summed E-state index contributed by atoms with van der Waals surface area (Å²) in [6.45, 7) is 1.20. The molecule has 1 unspecified atom stereocenters. The summed E-state index contributed by atoms with van der Waals surface area (Å²) in [6.07, 6.45) is 5.36. The Morgan fingerprint density at radius 2 is 2.06 bits per heavy atom. The number of thioether (sulfide) groups is 1. The predicted octanol–water partition coefficient (Wildman–Crippen LogP) is 3.96. The summed E-state index contributed by atoms with van der Waals surface area (Å²) in [5, 5.41) is 4.40. The second kappa shape index (κ2) is 6.53. The van der Waals surface area contributed by atoms with Crippen molar-refractivity contribution in [2.24, 2.45) is 0 Å². The van der Waals surface area contributed by atoms with E-state index in [4.69, 9.17) is 11.6 Å². The molecule has 1 N–H and O–H groups in total. The normalized spacial score (nSPS) is 20.9. The van der Waals surface area contributed by atoms with E-state index < -0.39 is 0 Å². The van der Waals surface area contributed by atoms with Gasteiger partial charge in [0.25, 0.3) is 0 Å². The summed E-state index contributed by atoms with van der Waals surface area (Å²) in [5.41, 5.74) is 0. The van der Waals surface area contributed by atoms with Crippen LogP contribution in [-0.2, 0) is 0 Å². The zero-order valence-corrected chi connectivity index (χ0v) is 11.0. The standard InChI is InChI=1S/C13H18ClNS/c14-11-4-6-13(7-5-11)16-10-8-12-3-1-2-9-15-12/h4-7,12,15H,1-3,8-10H2. The predicted molar refractivity (Wildman–Crippen MR) is 72.4 cm³/mol. The topological polar surface area (TPSA) is 12.0 Å². The van der Waals surface area contributed by atoms with Gasteiger partial charge in [0.2, 0.25) is 0 Å². The molecule has 0 radical (unpaired) electrons. The van der Waals surface area contributed by atoms with Crippen LogP contribution in [0.2, 0.25) is 5.02 Å². The maximum absolute atomic E-state index is 5.85. The third-order valence-electron chi connectivity index (χ3n) is 2.96. The molecule has 1 aromatic carbocycles. The molecule has 1 heterocycles. The zero-order valence-electron chi connectivity index (χ0n) is 9.42. The van der Waals surface area contributed by atoms with Crippen LogP contribution < -0.4 is 5.32 Å². The van der Waals surface area contributed by atoms with E-state index >= 15 is 0 Å². The molecule has 2 rings (SSSR count). The second-order valence-electron chi connectivity index (χ2n) is 4.24. The molecule has 0 aliphatic carbocycles. The molecule has 3 heteroatoms. The first kappa shape index (κ1) is 12.3. The van der Waals surface area contributed by atoms with Gasteiger partial charge in [-0.2, -0.15) is 0 Å². The lowest BCUT2D eigenvalue weighted by Gasteiger charge is -2.23. The third kappa shape index (κ3) is 4.00. The van der Waals surface area contributed by atoms with Crippen molar-refractivity contribution in [3.05, 3.63) is 29.3 Å². The monoisotopic (exact) mass is 255 g/mol. The smallest absolute Gasteiger partial charge is 0.0406 e. The molecular formula is C13H18ClNS. The van der Waals surface area contributed by atoms with Crippen molar-refractivity contribution in [2.75, 3.05) is 12.3 Å². The molecule has 1 fully saturated rings. The highest BCUT2D eigenvalue weighted by molar-refractivity contribution is 7.99. The van der Waals surface area contributed by atoms with E-state index in [0.717, 1.165) is 11.1 Å². The number of hydrogen-bond acceptors (Lipinski definition) is 2. The lowest BCUT2D eigenvalue weighted by atomic mass is 10.0. The summed E-state index contributed by atoms with van der Waals surface area (Å²) in [4.78, 5) is 1.32. The summed E-state index contributed by atoms with van der Waals surface area (Å²) in [5.74, 6) is 1.19. The van der Waals surface area contributed by atoms with E-state index in [9.17, 15) is 0 Å². The number of rotatable bonds is 4. The molecule has 1 aromatic rings. The van der Waals surface area contributed by atoms with Gasteiger partial charge in [-0.05, 0) is 55.8 Å². The van der Waals surface area contributed by atoms with Crippen LogP contribution in [0.3, 0.4) is 0 Å². The number of halogens is 1. The van der Waals surface area contributed by atoms with Gasteiger partial charge >= 0.3 is 0 Å². The van der Waals surface area contributed by atoms with Crippen molar-refractivity contribution in [3.8, 4) is 0 Å². The fourth-order valence-electron chi connectivity index (χ4n) is 2.02. The van der Waals surface area contributed by atoms with Gasteiger partial charge in [-0.1, -0.05) is 18.0 Å². The van der Waals surface area contributed by atoms with Crippen LogP contribution in [-0.4, -0.2) is 18.3 Å². The Hall–Kier alpha value is -0.180. The Bertz CT molecular complexity index is 306. The molecule has 1 aliphatic rings. The summed E-state index contributed by atoms with van der Waals surface area (Å²) < 4.78 is 0. The molecule has 0 amide bonds. The molecule has 0 bridgehead atoms. The summed E-state index contributed by atoms with van der Waals surface area (Å²) in [6, 6.07) is 8.86. The van der Waals surface area contributed by atoms with Crippen LogP contribution >= 0.6 is 23.4 Å². The number of benzene rings is 1. The van der Waals surface area contributed by atoms with E-state index in [0.29, 0.717) is 0 Å². The molecule has 1 atom stereocenters. The van der Waals surface area contributed by atoms with Gasteiger partial charge in [0.1, 0.15) is 0 Å². The minimum absolute atomic E-state index is 0.744. The van der Waals surface area contributed by atoms with Gasteiger partial charge in [0.15, 0.2) is 0 Å². The Morgan fingerprint density at radius 1 is 1.25 bits per heavy atom. The van der Waals surface area contributed by atoms with Crippen molar-refractivity contribution in [1.82, 2.24) is 5.32 Å². The maximum Gasteiger partial charge on any atom is 0.0406 e. The van der Waals surface area contributed by atoms with E-state index in [1.807, 2.05) is 23.9 Å². The fourth-order valence-corrected chi connectivity index (χ4v) is 3.11. The van der Waals surface area contributed by atoms with Gasteiger partial charge in [-0.3, -0.25) is 0 Å². The number of piperidine rings is 1. The van der Waals surface area contributed by atoms with E-state index in [1.165, 1.54) is 42.9 Å². The first-order valence-corrected chi connectivity index (χ1v) is 7.33. The van der Waals surface area contributed by atoms with E-state index in [1.54, 1.807) is 0 Å². The molecule has 1 nitrogen and oxygen atoms in total. The Morgan fingerprint density at radius 3 is 2.75 bits per heavy atom. The average Bonchev–Trinajstić information content (AvgIpc) is 2.33. The molecule has 1 aliphatic heterocycles. The highest BCUT2D eigenvalue weighted by atomic mass is 35.5. The first-order valence-electron chi connectivity index (χ1n) is 5.96. The summed E-state index contributed by atoms with van der Waals surface area (Å²) >= 11 is 7.77. The molecule has 1 saturated heterocycles. The van der Waals surface area contributed by atoms with Crippen LogP contribution in [0.15, 0.2) is 29.2 Å². The van der Waals surface area contributed by atoms with Crippen LogP contribution in [0.4, 0.5) is 0 Å². The molecular weight excluding hydrogens is 238 g/mol. The van der Waals surface area contributed by atoms with Crippen molar-refractivity contribution >= 4 is 23.4 Å². The van der Waals surface area contributed by atoms with Crippen molar-refractivity contribution in [1.29, 1.82) is 0 Å². The summed E-state index contributed by atoms with van der Waals surface area (Å²) in [7, 11) is 0. The van der Waals surface area contributed by atoms with Crippen molar-refractivity contribution in [3.63, 3.8) is 0 Å². The Labute approximate surface area is 107 Å². The highest BCUT2D eigenvalue weighted by Gasteiger charge is 2.11. The second-order valence-corrected chi connectivity index (χ2v) is 5.84. The number of hydrogen-bond donors (Lipinski definition) is 1. The van der Waals surface area contributed by atoms with Gasteiger partial charge in [0, 0.05) is 16.0 Å².